The molecule has 0 aliphatic rings. The summed E-state index contributed by atoms with van der Waals surface area (Å²) in [7, 11) is 0. The van der Waals surface area contributed by atoms with Gasteiger partial charge in [0.25, 0.3) is 0 Å². The summed E-state index contributed by atoms with van der Waals surface area (Å²) < 4.78 is 1.07. The average molecular weight is 317 g/mol. The molecule has 0 aliphatic carbocycles. The Morgan fingerprint density at radius 2 is 2.12 bits per heavy atom. The van der Waals surface area contributed by atoms with Crippen LogP contribution in [0.5, 0.6) is 0 Å². The van der Waals surface area contributed by atoms with Crippen molar-refractivity contribution in [1.29, 1.82) is 0 Å². The minimum Gasteiger partial charge on any atom is -0.384 e. The van der Waals surface area contributed by atoms with Gasteiger partial charge in [0.1, 0.15) is 0 Å². The first kappa shape index (κ1) is 14.6. The van der Waals surface area contributed by atoms with Crippen LogP contribution >= 0.6 is 27.5 Å². The van der Waals surface area contributed by atoms with Crippen LogP contribution in [-0.4, -0.2) is 6.54 Å². The Hall–Kier alpha value is -0.470. The van der Waals surface area contributed by atoms with Crippen molar-refractivity contribution in [3.63, 3.8) is 0 Å². The van der Waals surface area contributed by atoms with Crippen molar-refractivity contribution < 1.29 is 0 Å². The number of aryl methyl sites for hydroxylation is 1. The number of allylic oxidation sites excluding steroid dienone is 1. The highest BCUT2D eigenvalue weighted by Crippen LogP contribution is 2.29. The number of unbranched alkanes of at least 4 members (excludes halogenated alkanes) is 3. The average Bonchev–Trinajstić information content (AvgIpc) is 2.30. The van der Waals surface area contributed by atoms with Crippen molar-refractivity contribution in [3.8, 4) is 0 Å². The van der Waals surface area contributed by atoms with Crippen molar-refractivity contribution in [3.05, 3.63) is 39.8 Å². The molecule has 94 valence electrons. The van der Waals surface area contributed by atoms with Gasteiger partial charge in [-0.05, 0) is 59.8 Å². The number of hydrogen-bond donors (Lipinski definition) is 1. The first-order valence-corrected chi connectivity index (χ1v) is 7.12. The van der Waals surface area contributed by atoms with Crippen LogP contribution in [-0.2, 0) is 0 Å². The molecule has 1 aromatic rings. The normalized spacial score (nSPS) is 10.3. The van der Waals surface area contributed by atoms with E-state index in [1.807, 2.05) is 25.1 Å². The summed E-state index contributed by atoms with van der Waals surface area (Å²) in [5.41, 5.74) is 2.17. The lowest BCUT2D eigenvalue weighted by Gasteiger charge is -2.10. The van der Waals surface area contributed by atoms with Gasteiger partial charge in [-0.3, -0.25) is 0 Å². The smallest absolute Gasteiger partial charge is 0.0499 e. The number of anilines is 1. The lowest BCUT2D eigenvalue weighted by Crippen LogP contribution is -2.02. The Morgan fingerprint density at radius 3 is 2.82 bits per heavy atom. The SMILES string of the molecule is C=CCCCCCNc1cc(Cl)c(C)cc1Br. The molecule has 1 nitrogen and oxygen atoms in total. The largest absolute Gasteiger partial charge is 0.384 e. The molecule has 1 N–H and O–H groups in total. The summed E-state index contributed by atoms with van der Waals surface area (Å²) >= 11 is 9.64. The molecule has 1 rings (SSSR count). The molecule has 1 aromatic carbocycles. The summed E-state index contributed by atoms with van der Waals surface area (Å²) in [6.07, 6.45) is 6.72. The second kappa shape index (κ2) is 7.78. The van der Waals surface area contributed by atoms with E-state index < -0.39 is 0 Å². The molecule has 0 heterocycles. The van der Waals surface area contributed by atoms with Gasteiger partial charge in [0, 0.05) is 21.7 Å². The number of hydrogen-bond acceptors (Lipinski definition) is 1. The van der Waals surface area contributed by atoms with Gasteiger partial charge in [-0.25, -0.2) is 0 Å². The van der Waals surface area contributed by atoms with Crippen molar-refractivity contribution in [2.75, 3.05) is 11.9 Å². The van der Waals surface area contributed by atoms with Crippen LogP contribution in [0.2, 0.25) is 5.02 Å². The van der Waals surface area contributed by atoms with Crippen LogP contribution in [0.3, 0.4) is 0 Å². The third-order valence-corrected chi connectivity index (χ3v) is 3.71. The third-order valence-electron chi connectivity index (χ3n) is 2.65. The van der Waals surface area contributed by atoms with Gasteiger partial charge in [-0.15, -0.1) is 6.58 Å². The summed E-state index contributed by atoms with van der Waals surface area (Å²) in [4.78, 5) is 0. The molecule has 0 saturated heterocycles. The van der Waals surface area contributed by atoms with E-state index in [1.165, 1.54) is 19.3 Å². The summed E-state index contributed by atoms with van der Waals surface area (Å²) in [5, 5.41) is 4.21. The topological polar surface area (TPSA) is 12.0 Å². The predicted octanol–water partition coefficient (Wildman–Crippen LogP) is 5.57. The Labute approximate surface area is 117 Å². The van der Waals surface area contributed by atoms with Crippen LogP contribution in [0, 0.1) is 6.92 Å². The Morgan fingerprint density at radius 1 is 1.35 bits per heavy atom. The third kappa shape index (κ3) is 5.13. The van der Waals surface area contributed by atoms with Gasteiger partial charge < -0.3 is 5.32 Å². The highest BCUT2D eigenvalue weighted by atomic mass is 79.9. The number of halogens is 2. The lowest BCUT2D eigenvalue weighted by molar-refractivity contribution is 0.708. The van der Waals surface area contributed by atoms with Crippen molar-refractivity contribution in [2.24, 2.45) is 0 Å². The van der Waals surface area contributed by atoms with Crippen LogP contribution in [0.4, 0.5) is 5.69 Å². The zero-order chi connectivity index (χ0) is 12.7. The fourth-order valence-corrected chi connectivity index (χ4v) is 2.36. The van der Waals surface area contributed by atoms with Crippen LogP contribution in [0.15, 0.2) is 29.3 Å². The maximum absolute atomic E-state index is 6.10. The van der Waals surface area contributed by atoms with Gasteiger partial charge in [-0.1, -0.05) is 24.1 Å². The van der Waals surface area contributed by atoms with Crippen LogP contribution < -0.4 is 5.32 Å². The molecule has 0 aliphatic heterocycles. The number of benzene rings is 1. The van der Waals surface area contributed by atoms with E-state index >= 15 is 0 Å². The molecule has 0 aromatic heterocycles. The Balaban J connectivity index is 2.36. The molecule has 0 atom stereocenters. The van der Waals surface area contributed by atoms with Crippen molar-refractivity contribution in [1.82, 2.24) is 0 Å². The fourth-order valence-electron chi connectivity index (χ4n) is 1.60. The Kier molecular flexibility index (Phi) is 6.68. The van der Waals surface area contributed by atoms with Gasteiger partial charge >= 0.3 is 0 Å². The monoisotopic (exact) mass is 315 g/mol. The summed E-state index contributed by atoms with van der Waals surface area (Å²) in [5.74, 6) is 0. The zero-order valence-electron chi connectivity index (χ0n) is 10.2. The first-order valence-electron chi connectivity index (χ1n) is 5.95. The summed E-state index contributed by atoms with van der Waals surface area (Å²) in [6, 6.07) is 4.02. The zero-order valence-corrected chi connectivity index (χ0v) is 12.6. The van der Waals surface area contributed by atoms with E-state index in [0.717, 1.165) is 33.7 Å². The molecule has 0 saturated carbocycles. The van der Waals surface area contributed by atoms with Gasteiger partial charge in [-0.2, -0.15) is 0 Å². The highest BCUT2D eigenvalue weighted by molar-refractivity contribution is 9.10. The Bertz CT molecular complexity index is 377. The first-order chi connectivity index (χ1) is 8.15. The van der Waals surface area contributed by atoms with Gasteiger partial charge in [0.2, 0.25) is 0 Å². The maximum Gasteiger partial charge on any atom is 0.0499 e. The minimum atomic E-state index is 0.808. The molecule has 3 heteroatoms. The highest BCUT2D eigenvalue weighted by Gasteiger charge is 2.03. The quantitative estimate of drug-likeness (QED) is 0.512. The van der Waals surface area contributed by atoms with E-state index in [4.69, 9.17) is 11.6 Å². The van der Waals surface area contributed by atoms with Crippen molar-refractivity contribution in [2.45, 2.75) is 32.6 Å². The molecule has 0 spiro atoms. The molecule has 0 unspecified atom stereocenters. The second-order valence-corrected chi connectivity index (χ2v) is 5.41. The van der Waals surface area contributed by atoms with Gasteiger partial charge in [0.05, 0.1) is 0 Å². The number of nitrogens with one attached hydrogen (secondary N) is 1. The molecule has 0 fully saturated rings. The van der Waals surface area contributed by atoms with E-state index in [1.54, 1.807) is 0 Å². The number of rotatable bonds is 7. The maximum atomic E-state index is 6.10. The lowest BCUT2D eigenvalue weighted by atomic mass is 10.2. The van der Waals surface area contributed by atoms with Crippen molar-refractivity contribution >= 4 is 33.2 Å². The molecular formula is C14H19BrClN. The fraction of sp³-hybridized carbons (Fsp3) is 0.429. The van der Waals surface area contributed by atoms with E-state index in [0.29, 0.717) is 0 Å². The molecular weight excluding hydrogens is 298 g/mol. The molecule has 0 amide bonds. The van der Waals surface area contributed by atoms with E-state index in [9.17, 15) is 0 Å². The van der Waals surface area contributed by atoms with Gasteiger partial charge in [0.15, 0.2) is 0 Å². The molecule has 0 bridgehead atoms. The second-order valence-electron chi connectivity index (χ2n) is 4.15. The minimum absolute atomic E-state index is 0.808. The van der Waals surface area contributed by atoms with Crippen LogP contribution in [0.1, 0.15) is 31.2 Å². The van der Waals surface area contributed by atoms with E-state index in [2.05, 4.69) is 27.8 Å². The van der Waals surface area contributed by atoms with E-state index in [-0.39, 0.29) is 0 Å². The summed E-state index contributed by atoms with van der Waals surface area (Å²) in [6.45, 7) is 6.71. The van der Waals surface area contributed by atoms with Crippen LogP contribution in [0.25, 0.3) is 0 Å². The molecule has 0 radical (unpaired) electrons. The predicted molar refractivity (Wildman–Crippen MR) is 81.0 cm³/mol. The molecule has 17 heavy (non-hydrogen) atoms. The standard InChI is InChI=1S/C14H19BrClN/c1-3-4-5-6-7-8-17-14-10-13(16)11(2)9-12(14)15/h3,9-10,17H,1,4-8H2,2H3.